The van der Waals surface area contributed by atoms with Crippen molar-refractivity contribution in [2.75, 3.05) is 25.6 Å². The second-order valence-corrected chi connectivity index (χ2v) is 11.2. The van der Waals surface area contributed by atoms with E-state index in [0.29, 0.717) is 21.2 Å². The fourth-order valence-corrected chi connectivity index (χ4v) is 7.24. The van der Waals surface area contributed by atoms with Crippen molar-refractivity contribution in [1.82, 2.24) is 9.88 Å². The van der Waals surface area contributed by atoms with E-state index in [9.17, 15) is 29.1 Å². The van der Waals surface area contributed by atoms with Gasteiger partial charge in [-0.3, -0.25) is 28.9 Å². The summed E-state index contributed by atoms with van der Waals surface area (Å²) in [6, 6.07) is 12.2. The molecule has 3 heterocycles. The average Bonchev–Trinajstić information content (AvgIpc) is 3.39. The number of carboxylic acids is 1. The summed E-state index contributed by atoms with van der Waals surface area (Å²) in [4.78, 5) is 65.9. The standard InChI is InChI=1S/C26H23N3O8S2/c1-12-3-6-14(7-4-12)27-17(30)11-37-15-8-5-13(9-16(15)36-2)19-20-22(38-23-21(19)39-26(35)28-23)25(34)29(24(20)33)10-18(31)32/h3-9,19-20,22H,10-11H2,1-2H3,(H,27,30)(H,28,35)(H,31,32)/t19-,20?,22?/m1/s1. The largest absolute Gasteiger partial charge is 0.493 e. The zero-order valence-electron chi connectivity index (χ0n) is 20.8. The number of hydrogen-bond donors (Lipinski definition) is 3. The Hall–Kier alpha value is -4.10. The fourth-order valence-electron chi connectivity index (χ4n) is 4.70. The van der Waals surface area contributed by atoms with Crippen LogP contribution >= 0.6 is 23.1 Å². The Morgan fingerprint density at radius 2 is 1.82 bits per heavy atom. The van der Waals surface area contributed by atoms with Crippen LogP contribution in [0.4, 0.5) is 5.69 Å². The maximum Gasteiger partial charge on any atom is 0.323 e. The van der Waals surface area contributed by atoms with Gasteiger partial charge in [0.15, 0.2) is 18.1 Å². The van der Waals surface area contributed by atoms with Crippen molar-refractivity contribution in [1.29, 1.82) is 0 Å². The van der Waals surface area contributed by atoms with E-state index in [1.807, 2.05) is 19.1 Å². The van der Waals surface area contributed by atoms with Gasteiger partial charge in [0.2, 0.25) is 11.8 Å². The zero-order valence-corrected chi connectivity index (χ0v) is 22.4. The van der Waals surface area contributed by atoms with E-state index >= 15 is 0 Å². The Morgan fingerprint density at radius 1 is 1.08 bits per heavy atom. The number of likely N-dealkylation sites (tertiary alicyclic amines) is 1. The van der Waals surface area contributed by atoms with E-state index in [-0.39, 0.29) is 28.9 Å². The minimum absolute atomic E-state index is 0.283. The van der Waals surface area contributed by atoms with E-state index in [0.717, 1.165) is 33.6 Å². The zero-order chi connectivity index (χ0) is 27.8. The molecule has 0 radical (unpaired) electrons. The molecule has 2 aromatic carbocycles. The van der Waals surface area contributed by atoms with Crippen molar-refractivity contribution in [3.05, 3.63) is 68.1 Å². The Balaban J connectivity index is 1.42. The molecule has 5 rings (SSSR count). The molecule has 11 nitrogen and oxygen atoms in total. The molecule has 2 unspecified atom stereocenters. The SMILES string of the molecule is COc1cc([C@H]2c3sc(=O)[nH]c3SC3C(=O)N(CC(=O)O)C(=O)C32)ccc1OCC(=O)Nc1ccc(C)cc1. The Labute approximate surface area is 230 Å². The third kappa shape index (κ3) is 5.14. The normalized spacial score (nSPS) is 19.8. The van der Waals surface area contributed by atoms with Gasteiger partial charge in [-0.2, -0.15) is 0 Å². The lowest BCUT2D eigenvalue weighted by Crippen LogP contribution is -2.36. The highest BCUT2D eigenvalue weighted by Crippen LogP contribution is 2.53. The Bertz CT molecular complexity index is 1530. The molecule has 3 atom stereocenters. The molecule has 0 aliphatic carbocycles. The number of imide groups is 1. The second-order valence-electron chi connectivity index (χ2n) is 9.02. The smallest absolute Gasteiger partial charge is 0.323 e. The monoisotopic (exact) mass is 569 g/mol. The third-order valence-electron chi connectivity index (χ3n) is 6.45. The maximum absolute atomic E-state index is 13.3. The summed E-state index contributed by atoms with van der Waals surface area (Å²) < 4.78 is 11.2. The number of benzene rings is 2. The number of thioether (sulfide) groups is 1. The fraction of sp³-hybridized carbons (Fsp3) is 0.269. The molecule has 2 aliphatic rings. The predicted octanol–water partition coefficient (Wildman–Crippen LogP) is 2.45. The minimum Gasteiger partial charge on any atom is -0.493 e. The molecule has 202 valence electrons. The molecule has 3 N–H and O–H groups in total. The minimum atomic E-state index is -1.30. The van der Waals surface area contributed by atoms with Gasteiger partial charge < -0.3 is 24.9 Å². The molecule has 13 heteroatoms. The van der Waals surface area contributed by atoms with Gasteiger partial charge >= 0.3 is 10.8 Å². The third-order valence-corrected chi connectivity index (χ3v) is 8.85. The van der Waals surface area contributed by atoms with Crippen LogP contribution in [0.3, 0.4) is 0 Å². The summed E-state index contributed by atoms with van der Waals surface area (Å²) in [7, 11) is 1.43. The van der Waals surface area contributed by atoms with Crippen LogP contribution in [0.25, 0.3) is 0 Å². The van der Waals surface area contributed by atoms with Crippen molar-refractivity contribution < 1.29 is 33.8 Å². The maximum atomic E-state index is 13.3. The highest BCUT2D eigenvalue weighted by atomic mass is 32.2. The van der Waals surface area contributed by atoms with Gasteiger partial charge in [-0.1, -0.05) is 46.9 Å². The molecule has 1 aromatic heterocycles. The number of carbonyl (C=O) groups is 4. The number of hydrogen-bond acceptors (Lipinski definition) is 9. The number of methoxy groups -OCH3 is 1. The lowest BCUT2D eigenvalue weighted by Gasteiger charge is -2.30. The second kappa shape index (κ2) is 10.6. The first-order valence-electron chi connectivity index (χ1n) is 11.8. The van der Waals surface area contributed by atoms with Crippen LogP contribution in [0.2, 0.25) is 0 Å². The van der Waals surface area contributed by atoms with Crippen LogP contribution in [-0.4, -0.2) is 64.2 Å². The van der Waals surface area contributed by atoms with Crippen LogP contribution in [0, 0.1) is 12.8 Å². The number of ether oxygens (including phenoxy) is 2. The highest BCUT2D eigenvalue weighted by molar-refractivity contribution is 8.00. The first-order valence-corrected chi connectivity index (χ1v) is 13.5. The number of aromatic amines is 1. The number of aromatic nitrogens is 1. The van der Waals surface area contributed by atoms with Gasteiger partial charge in [0.1, 0.15) is 11.8 Å². The summed E-state index contributed by atoms with van der Waals surface area (Å²) in [5, 5.41) is 11.6. The van der Waals surface area contributed by atoms with E-state index in [1.165, 1.54) is 7.11 Å². The number of H-pyrrole nitrogens is 1. The molecule has 0 spiro atoms. The number of anilines is 1. The quantitative estimate of drug-likeness (QED) is 0.347. The highest BCUT2D eigenvalue weighted by Gasteiger charge is 2.56. The van der Waals surface area contributed by atoms with Crippen LogP contribution in [-0.2, 0) is 19.2 Å². The van der Waals surface area contributed by atoms with E-state index in [1.54, 1.807) is 30.3 Å². The number of rotatable bonds is 8. The van der Waals surface area contributed by atoms with Gasteiger partial charge in [0.25, 0.3) is 5.91 Å². The number of carbonyl (C=O) groups excluding carboxylic acids is 3. The van der Waals surface area contributed by atoms with Crippen LogP contribution < -0.4 is 19.7 Å². The van der Waals surface area contributed by atoms with Crippen molar-refractivity contribution in [2.45, 2.75) is 23.1 Å². The molecule has 0 saturated carbocycles. The molecular weight excluding hydrogens is 546 g/mol. The van der Waals surface area contributed by atoms with Crippen molar-refractivity contribution in [3.8, 4) is 11.5 Å². The van der Waals surface area contributed by atoms with Crippen molar-refractivity contribution >= 4 is 52.5 Å². The number of aryl methyl sites for hydroxylation is 1. The topological polar surface area (TPSA) is 155 Å². The summed E-state index contributed by atoms with van der Waals surface area (Å²) in [5.74, 6) is -3.91. The number of aliphatic carboxylic acids is 1. The lowest BCUT2D eigenvalue weighted by atomic mass is 9.83. The molecule has 0 bridgehead atoms. The Morgan fingerprint density at radius 3 is 2.51 bits per heavy atom. The van der Waals surface area contributed by atoms with Gasteiger partial charge in [-0.05, 0) is 36.8 Å². The molecule has 3 aromatic rings. The van der Waals surface area contributed by atoms with E-state index < -0.39 is 41.4 Å². The molecule has 3 amide bonds. The number of nitrogens with one attached hydrogen (secondary N) is 2. The van der Waals surface area contributed by atoms with Gasteiger partial charge in [-0.15, -0.1) is 0 Å². The van der Waals surface area contributed by atoms with E-state index in [4.69, 9.17) is 9.47 Å². The summed E-state index contributed by atoms with van der Waals surface area (Å²) >= 11 is 2.00. The summed E-state index contributed by atoms with van der Waals surface area (Å²) in [6.45, 7) is 0.929. The van der Waals surface area contributed by atoms with E-state index in [2.05, 4.69) is 10.3 Å². The summed E-state index contributed by atoms with van der Waals surface area (Å²) in [6.07, 6.45) is 0. The van der Waals surface area contributed by atoms with Crippen LogP contribution in [0.15, 0.2) is 52.3 Å². The molecule has 39 heavy (non-hydrogen) atoms. The first-order chi connectivity index (χ1) is 18.7. The predicted molar refractivity (Wildman–Crippen MR) is 143 cm³/mol. The summed E-state index contributed by atoms with van der Waals surface area (Å²) in [5.41, 5.74) is 2.28. The lowest BCUT2D eigenvalue weighted by molar-refractivity contribution is -0.149. The Kier molecular flexibility index (Phi) is 7.19. The number of nitrogens with zero attached hydrogens (tertiary/aromatic N) is 1. The average molecular weight is 570 g/mol. The van der Waals surface area contributed by atoms with Crippen LogP contribution in [0.1, 0.15) is 21.9 Å². The number of amides is 3. The van der Waals surface area contributed by atoms with Gasteiger partial charge in [0.05, 0.1) is 18.1 Å². The van der Waals surface area contributed by atoms with Gasteiger partial charge in [-0.25, -0.2) is 0 Å². The van der Waals surface area contributed by atoms with Gasteiger partial charge in [0, 0.05) is 16.5 Å². The number of thiazole rings is 1. The molecule has 2 aliphatic heterocycles. The molecule has 1 saturated heterocycles. The van der Waals surface area contributed by atoms with Crippen molar-refractivity contribution in [3.63, 3.8) is 0 Å². The molecule has 1 fully saturated rings. The van der Waals surface area contributed by atoms with Crippen LogP contribution in [0.5, 0.6) is 11.5 Å². The number of fused-ring (bicyclic) bond motifs is 2. The number of carboxylic acid groups (broad SMARTS) is 1. The first kappa shape index (κ1) is 26.5. The molecular formula is C26H23N3O8S2. The van der Waals surface area contributed by atoms with Crippen molar-refractivity contribution in [2.24, 2.45) is 5.92 Å².